The topological polar surface area (TPSA) is 79.5 Å². The van der Waals surface area contributed by atoms with Crippen molar-refractivity contribution in [3.05, 3.63) is 58.9 Å². The molecule has 0 saturated heterocycles. The number of fused-ring (bicyclic) bond motifs is 1. The number of carbonyl (C=O) groups excluding carboxylic acids is 2. The van der Waals surface area contributed by atoms with E-state index in [1.165, 1.54) is 6.92 Å². The van der Waals surface area contributed by atoms with Crippen molar-refractivity contribution in [2.45, 2.75) is 32.4 Å². The van der Waals surface area contributed by atoms with Gasteiger partial charge in [0.25, 0.3) is 0 Å². The highest BCUT2D eigenvalue weighted by atomic mass is 19.1. The number of amides is 2. The minimum Gasteiger partial charge on any atom is -0.497 e. The first-order chi connectivity index (χ1) is 13.5. The molecule has 2 aromatic rings. The molecule has 3 rings (SSSR count). The van der Waals surface area contributed by atoms with Crippen molar-refractivity contribution in [1.29, 1.82) is 0 Å². The summed E-state index contributed by atoms with van der Waals surface area (Å²) in [7, 11) is 1.57. The molecule has 0 spiro atoms. The van der Waals surface area contributed by atoms with Crippen molar-refractivity contribution in [1.82, 2.24) is 10.6 Å². The van der Waals surface area contributed by atoms with Gasteiger partial charge in [0.05, 0.1) is 25.3 Å². The Morgan fingerprint density at radius 2 is 1.96 bits per heavy atom. The van der Waals surface area contributed by atoms with Crippen molar-refractivity contribution in [2.75, 3.05) is 19.0 Å². The van der Waals surface area contributed by atoms with E-state index < -0.39 is 6.04 Å². The first-order valence-electron chi connectivity index (χ1n) is 9.20. The summed E-state index contributed by atoms with van der Waals surface area (Å²) < 4.78 is 19.9. The van der Waals surface area contributed by atoms with Gasteiger partial charge in [-0.2, -0.15) is 0 Å². The third-order valence-corrected chi connectivity index (χ3v) is 4.77. The van der Waals surface area contributed by atoms with Crippen molar-refractivity contribution >= 4 is 17.5 Å². The number of anilines is 1. The fraction of sp³-hybridized carbons (Fsp3) is 0.333. The second-order valence-electron chi connectivity index (χ2n) is 6.77. The Hall–Kier alpha value is -2.93. The van der Waals surface area contributed by atoms with Gasteiger partial charge in [-0.3, -0.25) is 9.59 Å². The van der Waals surface area contributed by atoms with Crippen LogP contribution in [-0.2, 0) is 22.6 Å². The maximum Gasteiger partial charge on any atom is 0.226 e. The zero-order valence-corrected chi connectivity index (χ0v) is 16.0. The molecular weight excluding hydrogens is 361 g/mol. The Bertz CT molecular complexity index is 868. The van der Waals surface area contributed by atoms with Gasteiger partial charge in [-0.1, -0.05) is 18.2 Å². The smallest absolute Gasteiger partial charge is 0.226 e. The second kappa shape index (κ2) is 8.84. The molecule has 0 fully saturated rings. The van der Waals surface area contributed by atoms with Crippen LogP contribution in [0.15, 0.2) is 36.4 Å². The lowest BCUT2D eigenvalue weighted by atomic mass is 9.99. The highest BCUT2D eigenvalue weighted by Crippen LogP contribution is 2.26. The van der Waals surface area contributed by atoms with Gasteiger partial charge in [0, 0.05) is 13.5 Å². The van der Waals surface area contributed by atoms with Gasteiger partial charge < -0.3 is 20.7 Å². The quantitative estimate of drug-likeness (QED) is 0.714. The zero-order chi connectivity index (χ0) is 20.1. The van der Waals surface area contributed by atoms with Gasteiger partial charge in [0.2, 0.25) is 11.8 Å². The maximum absolute atomic E-state index is 14.7. The van der Waals surface area contributed by atoms with Crippen molar-refractivity contribution in [3.8, 4) is 5.75 Å². The van der Waals surface area contributed by atoms with E-state index in [0.29, 0.717) is 30.8 Å². The molecule has 1 atom stereocenters. The molecule has 1 aliphatic heterocycles. The first-order valence-corrected chi connectivity index (χ1v) is 9.20. The monoisotopic (exact) mass is 385 g/mol. The maximum atomic E-state index is 14.7. The molecule has 3 N–H and O–H groups in total. The molecule has 0 radical (unpaired) electrons. The normalized spacial score (nSPS) is 14.0. The first kappa shape index (κ1) is 19.8. The lowest BCUT2D eigenvalue weighted by Crippen LogP contribution is -2.30. The highest BCUT2D eigenvalue weighted by molar-refractivity contribution is 5.92. The molecule has 0 saturated carbocycles. The molecule has 2 aromatic carbocycles. The van der Waals surface area contributed by atoms with Crippen LogP contribution in [0.4, 0.5) is 10.1 Å². The molecule has 7 heteroatoms. The summed E-state index contributed by atoms with van der Waals surface area (Å²) in [6.07, 6.45) is 0.579. The molecule has 1 heterocycles. The number of benzene rings is 2. The lowest BCUT2D eigenvalue weighted by molar-refractivity contribution is -0.120. The van der Waals surface area contributed by atoms with Crippen LogP contribution in [0.2, 0.25) is 0 Å². The summed E-state index contributed by atoms with van der Waals surface area (Å²) in [5.41, 5.74) is 2.49. The number of hydrogen-bond acceptors (Lipinski definition) is 4. The SMILES string of the molecule is COc1ccc(C(CC(=O)Nc2ccc3c(c2F)CCNC3)NC(C)=O)cc1. The van der Waals surface area contributed by atoms with Crippen LogP contribution in [0, 0.1) is 5.82 Å². The molecule has 1 unspecified atom stereocenters. The summed E-state index contributed by atoms with van der Waals surface area (Å²) in [6, 6.07) is 10.00. The standard InChI is InChI=1S/C21H24FN3O3/c1-13(26)24-19(14-3-6-16(28-2)7-4-14)11-20(27)25-18-8-5-15-12-23-10-9-17(15)21(18)22/h3-8,19,23H,9-12H2,1-2H3,(H,24,26)(H,25,27). The van der Waals surface area contributed by atoms with Crippen LogP contribution in [0.25, 0.3) is 0 Å². The Morgan fingerprint density at radius 1 is 1.21 bits per heavy atom. The van der Waals surface area contributed by atoms with Gasteiger partial charge in [-0.15, -0.1) is 0 Å². The molecule has 148 valence electrons. The average Bonchev–Trinajstić information content (AvgIpc) is 2.69. The number of carbonyl (C=O) groups is 2. The van der Waals surface area contributed by atoms with Crippen molar-refractivity contribution in [2.24, 2.45) is 0 Å². The summed E-state index contributed by atoms with van der Waals surface area (Å²) in [6.45, 7) is 2.73. The fourth-order valence-corrected chi connectivity index (χ4v) is 3.35. The van der Waals surface area contributed by atoms with Crippen LogP contribution < -0.4 is 20.7 Å². The molecule has 28 heavy (non-hydrogen) atoms. The van der Waals surface area contributed by atoms with Gasteiger partial charge in [-0.05, 0) is 47.9 Å². The van der Waals surface area contributed by atoms with Gasteiger partial charge in [-0.25, -0.2) is 4.39 Å². The molecule has 6 nitrogen and oxygen atoms in total. The largest absolute Gasteiger partial charge is 0.497 e. The number of nitrogens with one attached hydrogen (secondary N) is 3. The summed E-state index contributed by atoms with van der Waals surface area (Å²) in [5.74, 6) is -0.322. The van der Waals surface area contributed by atoms with E-state index in [4.69, 9.17) is 4.74 Å². The van der Waals surface area contributed by atoms with E-state index in [-0.39, 0.29) is 29.7 Å². The van der Waals surface area contributed by atoms with E-state index in [2.05, 4.69) is 16.0 Å². The highest BCUT2D eigenvalue weighted by Gasteiger charge is 2.21. The van der Waals surface area contributed by atoms with Gasteiger partial charge in [0.1, 0.15) is 11.6 Å². The van der Waals surface area contributed by atoms with Gasteiger partial charge in [0.15, 0.2) is 0 Å². The van der Waals surface area contributed by atoms with Crippen LogP contribution in [0.5, 0.6) is 5.75 Å². The van der Waals surface area contributed by atoms with Gasteiger partial charge >= 0.3 is 0 Å². The molecular formula is C21H24FN3O3. The number of hydrogen-bond donors (Lipinski definition) is 3. The third-order valence-electron chi connectivity index (χ3n) is 4.77. The lowest BCUT2D eigenvalue weighted by Gasteiger charge is -2.21. The van der Waals surface area contributed by atoms with Crippen LogP contribution in [-0.4, -0.2) is 25.5 Å². The predicted molar refractivity (Wildman–Crippen MR) is 105 cm³/mol. The summed E-state index contributed by atoms with van der Waals surface area (Å²) >= 11 is 0. The third kappa shape index (κ3) is 4.67. The Kier molecular flexibility index (Phi) is 6.26. The fourth-order valence-electron chi connectivity index (χ4n) is 3.35. The van der Waals surface area contributed by atoms with Crippen molar-refractivity contribution in [3.63, 3.8) is 0 Å². The van der Waals surface area contributed by atoms with E-state index in [0.717, 1.165) is 11.1 Å². The summed E-state index contributed by atoms with van der Waals surface area (Å²) in [5, 5.41) is 8.61. The zero-order valence-electron chi connectivity index (χ0n) is 16.0. The van der Waals surface area contributed by atoms with E-state index in [1.54, 1.807) is 37.4 Å². The molecule has 1 aliphatic rings. The van der Waals surface area contributed by atoms with Crippen LogP contribution in [0.3, 0.4) is 0 Å². The Labute approximate surface area is 163 Å². The van der Waals surface area contributed by atoms with Crippen LogP contribution >= 0.6 is 0 Å². The van der Waals surface area contributed by atoms with Crippen molar-refractivity contribution < 1.29 is 18.7 Å². The number of ether oxygens (including phenoxy) is 1. The molecule has 0 aromatic heterocycles. The average molecular weight is 385 g/mol. The molecule has 2 amide bonds. The number of methoxy groups -OCH3 is 1. The minimum atomic E-state index is -0.520. The molecule has 0 aliphatic carbocycles. The Balaban J connectivity index is 1.74. The van der Waals surface area contributed by atoms with Crippen LogP contribution in [0.1, 0.15) is 36.1 Å². The van der Waals surface area contributed by atoms with E-state index in [1.807, 2.05) is 6.07 Å². The van der Waals surface area contributed by atoms with E-state index >= 15 is 0 Å². The molecule has 0 bridgehead atoms. The number of rotatable bonds is 6. The predicted octanol–water partition coefficient (Wildman–Crippen LogP) is 2.69. The number of halogens is 1. The minimum absolute atomic E-state index is 0.00993. The van der Waals surface area contributed by atoms with E-state index in [9.17, 15) is 14.0 Å². The second-order valence-corrected chi connectivity index (χ2v) is 6.77. The summed E-state index contributed by atoms with van der Waals surface area (Å²) in [4.78, 5) is 24.1. The Morgan fingerprint density at radius 3 is 2.64 bits per heavy atom.